The van der Waals surface area contributed by atoms with Gasteiger partial charge in [0.1, 0.15) is 0 Å². The second kappa shape index (κ2) is 9.08. The summed E-state index contributed by atoms with van der Waals surface area (Å²) in [4.78, 5) is 0. The van der Waals surface area contributed by atoms with E-state index in [9.17, 15) is 0 Å². The van der Waals surface area contributed by atoms with Crippen LogP contribution in [-0.2, 0) is 0 Å². The van der Waals surface area contributed by atoms with Gasteiger partial charge in [-0.2, -0.15) is 31.6 Å². The molecule has 2 aliphatic carbocycles. The topological polar surface area (TPSA) is 0 Å². The first-order valence-corrected chi connectivity index (χ1v) is 8.40. The Balaban J connectivity index is 0.00000200. The average molecular weight is 309 g/mol. The van der Waals surface area contributed by atoms with E-state index in [0.29, 0.717) is 5.41 Å². The maximum atomic E-state index is 2.54. The van der Waals surface area contributed by atoms with Crippen molar-refractivity contribution in [2.24, 2.45) is 40.9 Å². The molecule has 0 aromatic heterocycles. The van der Waals surface area contributed by atoms with Gasteiger partial charge in [-0.3, -0.25) is 0 Å². The molecule has 0 bridgehead atoms. The molecule has 0 N–H and O–H groups in total. The van der Waals surface area contributed by atoms with Gasteiger partial charge in [0.2, 0.25) is 0 Å². The smallest absolute Gasteiger partial charge is 0.328 e. The van der Waals surface area contributed by atoms with Gasteiger partial charge >= 0.3 is 70.2 Å². The summed E-state index contributed by atoms with van der Waals surface area (Å²) >= 11 is 0. The van der Waals surface area contributed by atoms with E-state index < -0.39 is 0 Å². The zero-order valence-corrected chi connectivity index (χ0v) is 19.3. The Morgan fingerprint density at radius 1 is 1.10 bits per heavy atom. The van der Waals surface area contributed by atoms with Gasteiger partial charge in [-0.1, -0.05) is 65.7 Å². The molecule has 2 saturated carbocycles. The van der Waals surface area contributed by atoms with E-state index in [0.717, 1.165) is 35.5 Å². The summed E-state index contributed by atoms with van der Waals surface area (Å²) in [6.07, 6.45) is 6.69. The summed E-state index contributed by atoms with van der Waals surface area (Å²) in [6.45, 7) is 17.3. The predicted octanol–water partition coefficient (Wildman–Crippen LogP) is -0.206. The molecule has 6 atom stereocenters. The molecule has 0 nitrogen and oxygen atoms in total. The van der Waals surface area contributed by atoms with E-state index in [-0.39, 0.29) is 70.2 Å². The van der Waals surface area contributed by atoms with Crippen LogP contribution in [0.25, 0.3) is 0 Å². The molecule has 0 aromatic carbocycles. The van der Waals surface area contributed by atoms with E-state index >= 15 is 0 Å². The van der Waals surface area contributed by atoms with Crippen LogP contribution >= 0.6 is 0 Å². The number of rotatable bonds is 2. The molecular formula is C19H34KLi. The van der Waals surface area contributed by atoms with E-state index in [1.807, 2.05) is 0 Å². The van der Waals surface area contributed by atoms with Crippen LogP contribution in [0.5, 0.6) is 0 Å². The third-order valence-electron chi connectivity index (χ3n) is 6.54. The Kier molecular flexibility index (Phi) is 10.0. The zero-order chi connectivity index (χ0) is 14.4. The van der Waals surface area contributed by atoms with Gasteiger partial charge < -0.3 is 12.3 Å². The number of hydrogen-bond acceptors (Lipinski definition) is 0. The van der Waals surface area contributed by atoms with Crippen LogP contribution in [0.3, 0.4) is 0 Å². The van der Waals surface area contributed by atoms with Gasteiger partial charge in [0, 0.05) is 0 Å². The average Bonchev–Trinajstić information content (AvgIpc) is 2.88. The molecule has 21 heavy (non-hydrogen) atoms. The third-order valence-corrected chi connectivity index (χ3v) is 6.54. The summed E-state index contributed by atoms with van der Waals surface area (Å²) < 4.78 is 0. The van der Waals surface area contributed by atoms with Crippen molar-refractivity contribution in [1.82, 2.24) is 0 Å². The van der Waals surface area contributed by atoms with Crippen LogP contribution < -0.4 is 70.2 Å². The molecule has 2 heteroatoms. The van der Waals surface area contributed by atoms with Crippen molar-refractivity contribution in [2.75, 3.05) is 0 Å². The molecule has 0 aliphatic heterocycles. The SMILES string of the molecule is C[C-]1C(C)C(C)C(C(C2C[CH-]CC2)C(C)(C)C)C1C.[K+].[Li+]. The molecule has 112 valence electrons. The summed E-state index contributed by atoms with van der Waals surface area (Å²) in [5, 5.41) is 0. The second-order valence-electron chi connectivity index (χ2n) is 8.51. The summed E-state index contributed by atoms with van der Waals surface area (Å²) in [6, 6.07) is 0. The largest absolute Gasteiger partial charge is 1.00 e. The zero-order valence-electron chi connectivity index (χ0n) is 16.2. The van der Waals surface area contributed by atoms with Crippen LogP contribution in [0.1, 0.15) is 67.7 Å². The Labute approximate surface area is 189 Å². The summed E-state index contributed by atoms with van der Waals surface area (Å²) in [5.74, 6) is 6.97. The quantitative estimate of drug-likeness (QED) is 0.489. The molecule has 6 unspecified atom stereocenters. The minimum atomic E-state index is 0. The van der Waals surface area contributed by atoms with Crippen LogP contribution in [0.4, 0.5) is 0 Å². The van der Waals surface area contributed by atoms with Crippen molar-refractivity contribution in [1.29, 1.82) is 0 Å². The summed E-state index contributed by atoms with van der Waals surface area (Å²) in [7, 11) is 0. The molecular weight excluding hydrogens is 274 g/mol. The Morgan fingerprint density at radius 2 is 1.67 bits per heavy atom. The van der Waals surface area contributed by atoms with Gasteiger partial charge in [0.25, 0.3) is 0 Å². The fourth-order valence-corrected chi connectivity index (χ4v) is 5.27. The molecule has 2 aliphatic rings. The molecule has 0 amide bonds. The molecule has 0 heterocycles. The molecule has 0 saturated heterocycles. The maximum Gasteiger partial charge on any atom is 1.00 e. The molecule has 0 radical (unpaired) electrons. The van der Waals surface area contributed by atoms with Gasteiger partial charge in [-0.25, -0.2) is 0 Å². The fourth-order valence-electron chi connectivity index (χ4n) is 5.27. The van der Waals surface area contributed by atoms with Crippen molar-refractivity contribution in [2.45, 2.75) is 67.7 Å². The second-order valence-corrected chi connectivity index (χ2v) is 8.51. The summed E-state index contributed by atoms with van der Waals surface area (Å²) in [5.41, 5.74) is 0.445. The predicted molar refractivity (Wildman–Crippen MR) is 84.5 cm³/mol. The van der Waals surface area contributed by atoms with Crippen molar-refractivity contribution in [3.05, 3.63) is 12.3 Å². The van der Waals surface area contributed by atoms with Gasteiger partial charge in [-0.15, -0.1) is 0 Å². The van der Waals surface area contributed by atoms with Gasteiger partial charge in [-0.05, 0) is 11.3 Å². The van der Waals surface area contributed by atoms with Crippen molar-refractivity contribution < 1.29 is 70.2 Å². The van der Waals surface area contributed by atoms with Crippen molar-refractivity contribution in [3.63, 3.8) is 0 Å². The fraction of sp³-hybridized carbons (Fsp3) is 0.895. The third kappa shape index (κ3) is 4.87. The first kappa shape index (κ1) is 23.2. The van der Waals surface area contributed by atoms with Crippen molar-refractivity contribution >= 4 is 0 Å². The Hall–Kier alpha value is 2.23. The maximum absolute atomic E-state index is 2.54. The first-order valence-electron chi connectivity index (χ1n) is 8.40. The molecule has 2 rings (SSSR count). The molecule has 2 fully saturated rings. The van der Waals surface area contributed by atoms with E-state index in [2.05, 4.69) is 54.9 Å². The first-order chi connectivity index (χ1) is 8.75. The van der Waals surface area contributed by atoms with Gasteiger partial charge in [0.15, 0.2) is 0 Å². The minimum absolute atomic E-state index is 0. The Morgan fingerprint density at radius 3 is 2.00 bits per heavy atom. The van der Waals surface area contributed by atoms with E-state index in [1.54, 1.807) is 5.92 Å². The molecule has 0 spiro atoms. The standard InChI is InChI=1S/C19H34.K.Li/c1-12-13(2)15(4)17(14(12)3)18(19(5,6)7)16-10-8-9-11-16;;/h8,12,14-18H,9-11H2,1-7H3;;/q-2;2*+1. The van der Waals surface area contributed by atoms with Gasteiger partial charge in [0.05, 0.1) is 0 Å². The van der Waals surface area contributed by atoms with Crippen LogP contribution in [0.2, 0.25) is 0 Å². The minimum Gasteiger partial charge on any atom is -0.328 e. The van der Waals surface area contributed by atoms with E-state index in [4.69, 9.17) is 0 Å². The van der Waals surface area contributed by atoms with Crippen LogP contribution in [0, 0.1) is 53.3 Å². The van der Waals surface area contributed by atoms with Crippen molar-refractivity contribution in [3.8, 4) is 0 Å². The molecule has 0 aromatic rings. The normalized spacial score (nSPS) is 38.7. The van der Waals surface area contributed by atoms with Crippen LogP contribution in [-0.4, -0.2) is 0 Å². The van der Waals surface area contributed by atoms with E-state index in [1.165, 1.54) is 19.3 Å². The number of hydrogen-bond donors (Lipinski definition) is 0. The van der Waals surface area contributed by atoms with Crippen LogP contribution in [0.15, 0.2) is 0 Å². The monoisotopic (exact) mass is 308 g/mol. The Bertz CT molecular complexity index is 289.